The Morgan fingerprint density at radius 2 is 2.26 bits per heavy atom. The number of benzene rings is 1. The summed E-state index contributed by atoms with van der Waals surface area (Å²) >= 11 is 6.72. The van der Waals surface area contributed by atoms with E-state index in [0.29, 0.717) is 12.3 Å². The van der Waals surface area contributed by atoms with E-state index in [1.165, 1.54) is 0 Å². The van der Waals surface area contributed by atoms with E-state index in [0.717, 1.165) is 14.6 Å². The molecule has 2 aromatic rings. The third-order valence-corrected chi connectivity index (χ3v) is 3.40. The van der Waals surface area contributed by atoms with Gasteiger partial charge in [-0.1, -0.05) is 15.9 Å². The third-order valence-electron chi connectivity index (χ3n) is 2.28. The Kier molecular flexibility index (Phi) is 4.98. The maximum atomic E-state index is 11.6. The van der Waals surface area contributed by atoms with Gasteiger partial charge in [-0.25, -0.2) is 4.98 Å². The summed E-state index contributed by atoms with van der Waals surface area (Å²) in [6, 6.07) is 5.50. The van der Waals surface area contributed by atoms with E-state index >= 15 is 0 Å². The van der Waals surface area contributed by atoms with E-state index in [4.69, 9.17) is 4.74 Å². The lowest BCUT2D eigenvalue weighted by Crippen LogP contribution is -2.28. The number of aromatic amines is 1. The van der Waals surface area contributed by atoms with Gasteiger partial charge in [-0.05, 0) is 34.1 Å². The number of amides is 1. The molecular formula is C12H11Br2N3O2. The molecule has 2 N–H and O–H groups in total. The van der Waals surface area contributed by atoms with Gasteiger partial charge in [0.15, 0.2) is 6.61 Å². The fourth-order valence-electron chi connectivity index (χ4n) is 1.36. The summed E-state index contributed by atoms with van der Waals surface area (Å²) in [7, 11) is 0. The van der Waals surface area contributed by atoms with Crippen LogP contribution in [0.4, 0.5) is 0 Å². The highest BCUT2D eigenvalue weighted by Gasteiger charge is 2.06. The van der Waals surface area contributed by atoms with Crippen molar-refractivity contribution in [2.45, 2.75) is 6.54 Å². The van der Waals surface area contributed by atoms with Crippen LogP contribution >= 0.6 is 31.9 Å². The number of nitrogens with zero attached hydrogens (tertiary/aromatic N) is 1. The van der Waals surface area contributed by atoms with Gasteiger partial charge in [-0.2, -0.15) is 0 Å². The SMILES string of the molecule is O=C(COc1ccc(Br)cc1Br)NCc1cnc[nH]1. The Morgan fingerprint density at radius 3 is 2.95 bits per heavy atom. The number of imidazole rings is 1. The van der Waals surface area contributed by atoms with Crippen LogP contribution in [0.2, 0.25) is 0 Å². The van der Waals surface area contributed by atoms with Crippen molar-refractivity contribution in [1.82, 2.24) is 15.3 Å². The molecule has 0 aliphatic heterocycles. The number of carbonyl (C=O) groups is 1. The third kappa shape index (κ3) is 4.36. The number of halogens is 2. The number of ether oxygens (including phenoxy) is 1. The van der Waals surface area contributed by atoms with Crippen LogP contribution < -0.4 is 10.1 Å². The number of carbonyl (C=O) groups excluding carboxylic acids is 1. The van der Waals surface area contributed by atoms with Gasteiger partial charge < -0.3 is 15.0 Å². The minimum atomic E-state index is -0.190. The molecule has 2 rings (SSSR count). The molecule has 0 aliphatic rings. The average molecular weight is 389 g/mol. The molecule has 0 radical (unpaired) electrons. The number of rotatable bonds is 5. The number of aromatic nitrogens is 2. The first-order valence-corrected chi connectivity index (χ1v) is 7.05. The van der Waals surface area contributed by atoms with Gasteiger partial charge in [-0.15, -0.1) is 0 Å². The molecule has 1 aromatic carbocycles. The van der Waals surface area contributed by atoms with Crippen molar-refractivity contribution >= 4 is 37.8 Å². The fourth-order valence-corrected chi connectivity index (χ4v) is 2.52. The quantitative estimate of drug-likeness (QED) is 0.827. The zero-order chi connectivity index (χ0) is 13.7. The summed E-state index contributed by atoms with van der Waals surface area (Å²) in [6.45, 7) is 0.373. The van der Waals surface area contributed by atoms with Crippen LogP contribution in [-0.4, -0.2) is 22.5 Å². The molecule has 0 bridgehead atoms. The highest BCUT2D eigenvalue weighted by Crippen LogP contribution is 2.27. The van der Waals surface area contributed by atoms with Crippen molar-refractivity contribution in [3.05, 3.63) is 45.4 Å². The second-order valence-electron chi connectivity index (χ2n) is 3.72. The van der Waals surface area contributed by atoms with Crippen LogP contribution in [0.1, 0.15) is 5.69 Å². The minimum Gasteiger partial charge on any atom is -0.483 e. The van der Waals surface area contributed by atoms with Crippen molar-refractivity contribution in [3.8, 4) is 5.75 Å². The lowest BCUT2D eigenvalue weighted by molar-refractivity contribution is -0.123. The standard InChI is InChI=1S/C12H11Br2N3O2/c13-8-1-2-11(10(14)3-8)19-6-12(18)16-5-9-4-15-7-17-9/h1-4,7H,5-6H2,(H,15,17)(H,16,18). The van der Waals surface area contributed by atoms with Crippen molar-refractivity contribution in [2.75, 3.05) is 6.61 Å². The zero-order valence-corrected chi connectivity index (χ0v) is 13.0. The van der Waals surface area contributed by atoms with Gasteiger partial charge in [0, 0.05) is 10.7 Å². The Bertz CT molecular complexity index is 558. The molecule has 0 aliphatic carbocycles. The molecular weight excluding hydrogens is 378 g/mol. The Labute approximate surface area is 127 Å². The number of H-pyrrole nitrogens is 1. The zero-order valence-electron chi connectivity index (χ0n) is 9.82. The maximum Gasteiger partial charge on any atom is 0.258 e. The van der Waals surface area contributed by atoms with Gasteiger partial charge in [0.2, 0.25) is 0 Å². The molecule has 0 spiro atoms. The van der Waals surface area contributed by atoms with Crippen LogP contribution in [0.25, 0.3) is 0 Å². The summed E-state index contributed by atoms with van der Waals surface area (Å²) in [5.74, 6) is 0.435. The average Bonchev–Trinajstić information content (AvgIpc) is 2.88. The lowest BCUT2D eigenvalue weighted by atomic mass is 10.3. The summed E-state index contributed by atoms with van der Waals surface area (Å²) in [5.41, 5.74) is 0.846. The van der Waals surface area contributed by atoms with Gasteiger partial charge in [-0.3, -0.25) is 4.79 Å². The minimum absolute atomic E-state index is 0.0334. The fraction of sp³-hybridized carbons (Fsp3) is 0.167. The van der Waals surface area contributed by atoms with Crippen LogP contribution in [0.15, 0.2) is 39.7 Å². The van der Waals surface area contributed by atoms with E-state index < -0.39 is 0 Å². The molecule has 0 saturated carbocycles. The summed E-state index contributed by atoms with van der Waals surface area (Å²) in [5, 5.41) is 2.73. The molecule has 0 saturated heterocycles. The first kappa shape index (κ1) is 14.1. The molecule has 100 valence electrons. The molecule has 1 amide bonds. The molecule has 0 fully saturated rings. The number of hydrogen-bond acceptors (Lipinski definition) is 3. The largest absolute Gasteiger partial charge is 0.483 e. The topological polar surface area (TPSA) is 67.0 Å². The molecule has 5 nitrogen and oxygen atoms in total. The maximum absolute atomic E-state index is 11.6. The highest BCUT2D eigenvalue weighted by atomic mass is 79.9. The van der Waals surface area contributed by atoms with Crippen LogP contribution in [0, 0.1) is 0 Å². The summed E-state index contributed by atoms with van der Waals surface area (Å²) in [6.07, 6.45) is 3.23. The van der Waals surface area contributed by atoms with Gasteiger partial charge in [0.1, 0.15) is 5.75 Å². The van der Waals surface area contributed by atoms with Gasteiger partial charge in [0.25, 0.3) is 5.91 Å². The molecule has 1 heterocycles. The summed E-state index contributed by atoms with van der Waals surface area (Å²) < 4.78 is 7.15. The van der Waals surface area contributed by atoms with E-state index in [2.05, 4.69) is 47.1 Å². The van der Waals surface area contributed by atoms with Crippen LogP contribution in [-0.2, 0) is 11.3 Å². The van der Waals surface area contributed by atoms with E-state index in [-0.39, 0.29) is 12.5 Å². The Balaban J connectivity index is 1.80. The van der Waals surface area contributed by atoms with E-state index in [1.807, 2.05) is 12.1 Å². The van der Waals surface area contributed by atoms with Gasteiger partial charge in [0.05, 0.1) is 23.0 Å². The van der Waals surface area contributed by atoms with Crippen molar-refractivity contribution in [1.29, 1.82) is 0 Å². The monoisotopic (exact) mass is 387 g/mol. The van der Waals surface area contributed by atoms with Crippen LogP contribution in [0.3, 0.4) is 0 Å². The Morgan fingerprint density at radius 1 is 1.42 bits per heavy atom. The van der Waals surface area contributed by atoms with Crippen molar-refractivity contribution < 1.29 is 9.53 Å². The summed E-state index contributed by atoms with van der Waals surface area (Å²) in [4.78, 5) is 18.4. The smallest absolute Gasteiger partial charge is 0.258 e. The lowest BCUT2D eigenvalue weighted by Gasteiger charge is -2.08. The molecule has 1 aromatic heterocycles. The number of hydrogen-bond donors (Lipinski definition) is 2. The molecule has 7 heteroatoms. The van der Waals surface area contributed by atoms with Crippen molar-refractivity contribution in [2.24, 2.45) is 0 Å². The van der Waals surface area contributed by atoms with Crippen LogP contribution in [0.5, 0.6) is 5.75 Å². The second-order valence-corrected chi connectivity index (χ2v) is 5.49. The van der Waals surface area contributed by atoms with Gasteiger partial charge >= 0.3 is 0 Å². The normalized spacial score (nSPS) is 10.2. The predicted molar refractivity (Wildman–Crippen MR) is 77.8 cm³/mol. The second kappa shape index (κ2) is 6.72. The van der Waals surface area contributed by atoms with Crippen molar-refractivity contribution in [3.63, 3.8) is 0 Å². The molecule has 19 heavy (non-hydrogen) atoms. The first-order chi connectivity index (χ1) is 9.15. The van der Waals surface area contributed by atoms with E-state index in [9.17, 15) is 4.79 Å². The highest BCUT2D eigenvalue weighted by molar-refractivity contribution is 9.11. The predicted octanol–water partition coefficient (Wildman–Crippen LogP) is 2.63. The van der Waals surface area contributed by atoms with E-state index in [1.54, 1.807) is 18.6 Å². The number of nitrogens with one attached hydrogen (secondary N) is 2. The Hall–Kier alpha value is -1.34. The molecule has 0 unspecified atom stereocenters. The first-order valence-electron chi connectivity index (χ1n) is 5.47. The molecule has 0 atom stereocenters.